The van der Waals surface area contributed by atoms with E-state index in [-0.39, 0.29) is 12.8 Å². The predicted molar refractivity (Wildman–Crippen MR) is 256 cm³/mol. The SMILES string of the molecule is CCCCCCCCCCCCC=CCCCCC(O)C(O)C(COC1OC(CO)C(O)C(O)C1O)NC(=O)C(O)CCCCCCCCCCCCCCCCCCCCCC. The second kappa shape index (κ2) is 42.2. The van der Waals surface area contributed by atoms with Crippen LogP contribution in [0.5, 0.6) is 0 Å². The largest absolute Gasteiger partial charge is 0.394 e. The van der Waals surface area contributed by atoms with Gasteiger partial charge in [-0.15, -0.1) is 0 Å². The summed E-state index contributed by atoms with van der Waals surface area (Å²) in [6.07, 6.45) is 35.4. The number of carbonyl (C=O) groups is 1. The number of unbranched alkanes of at least 4 members (excludes halogenated alkanes) is 31. The third kappa shape index (κ3) is 31.5. The Balaban J connectivity index is 2.37. The van der Waals surface area contributed by atoms with Crippen LogP contribution in [0.25, 0.3) is 0 Å². The number of aliphatic hydroxyl groups is 7. The highest BCUT2D eigenvalue weighted by atomic mass is 16.7. The number of nitrogens with one attached hydrogen (secondary N) is 1. The lowest BCUT2D eigenvalue weighted by Crippen LogP contribution is -2.60. The molecule has 0 aliphatic carbocycles. The van der Waals surface area contributed by atoms with E-state index in [0.717, 1.165) is 38.5 Å². The van der Waals surface area contributed by atoms with Gasteiger partial charge >= 0.3 is 0 Å². The first-order chi connectivity index (χ1) is 30.7. The van der Waals surface area contributed by atoms with Gasteiger partial charge in [0, 0.05) is 0 Å². The topological polar surface area (TPSA) is 189 Å². The second-order valence-corrected chi connectivity index (χ2v) is 19.0. The summed E-state index contributed by atoms with van der Waals surface area (Å²) >= 11 is 0. The summed E-state index contributed by atoms with van der Waals surface area (Å²) in [5, 5.41) is 75.9. The van der Waals surface area contributed by atoms with E-state index in [1.807, 2.05) is 0 Å². The first-order valence-corrected chi connectivity index (χ1v) is 26.6. The molecule has 8 N–H and O–H groups in total. The molecule has 0 saturated carbocycles. The van der Waals surface area contributed by atoms with Crippen LogP contribution in [0.1, 0.15) is 245 Å². The molecule has 1 saturated heterocycles. The smallest absolute Gasteiger partial charge is 0.249 e. The Morgan fingerprint density at radius 1 is 0.540 bits per heavy atom. The van der Waals surface area contributed by atoms with E-state index in [2.05, 4.69) is 31.3 Å². The molecule has 11 nitrogen and oxygen atoms in total. The number of hydrogen-bond acceptors (Lipinski definition) is 10. The summed E-state index contributed by atoms with van der Waals surface area (Å²) in [6.45, 7) is 3.46. The third-order valence-corrected chi connectivity index (χ3v) is 13.1. The molecule has 1 amide bonds. The first-order valence-electron chi connectivity index (χ1n) is 26.6. The molecule has 63 heavy (non-hydrogen) atoms. The van der Waals surface area contributed by atoms with E-state index in [0.29, 0.717) is 12.8 Å². The normalized spacial score (nSPS) is 21.2. The van der Waals surface area contributed by atoms with Crippen molar-refractivity contribution in [3.8, 4) is 0 Å². The van der Waals surface area contributed by atoms with Crippen LogP contribution in [0.2, 0.25) is 0 Å². The second-order valence-electron chi connectivity index (χ2n) is 19.0. The first kappa shape index (κ1) is 59.9. The summed E-state index contributed by atoms with van der Waals surface area (Å²) in [5.74, 6) is -0.700. The Labute approximate surface area is 385 Å². The molecule has 0 aromatic heterocycles. The van der Waals surface area contributed by atoms with E-state index in [4.69, 9.17) is 9.47 Å². The number of allylic oxidation sites excluding steroid dienone is 2. The van der Waals surface area contributed by atoms with Crippen molar-refractivity contribution in [3.63, 3.8) is 0 Å². The number of ether oxygens (including phenoxy) is 2. The van der Waals surface area contributed by atoms with E-state index in [9.17, 15) is 40.5 Å². The molecule has 1 rings (SSSR count). The molecule has 9 unspecified atom stereocenters. The lowest BCUT2D eigenvalue weighted by atomic mass is 9.98. The van der Waals surface area contributed by atoms with Crippen LogP contribution in [0.3, 0.4) is 0 Å². The Bertz CT molecular complexity index is 1030. The van der Waals surface area contributed by atoms with Gasteiger partial charge in [0.05, 0.1) is 25.4 Å². The maximum absolute atomic E-state index is 13.1. The van der Waals surface area contributed by atoms with E-state index < -0.39 is 74.2 Å². The molecule has 9 atom stereocenters. The Morgan fingerprint density at radius 2 is 0.921 bits per heavy atom. The minimum atomic E-state index is -1.66. The van der Waals surface area contributed by atoms with Crippen molar-refractivity contribution in [2.24, 2.45) is 0 Å². The van der Waals surface area contributed by atoms with Gasteiger partial charge in [-0.3, -0.25) is 4.79 Å². The number of carbonyl (C=O) groups excluding carboxylic acids is 1. The Hall–Kier alpha value is -1.15. The quantitative estimate of drug-likeness (QED) is 0.0216. The summed E-state index contributed by atoms with van der Waals surface area (Å²) in [7, 11) is 0. The molecule has 0 bridgehead atoms. The predicted octanol–water partition coefficient (Wildman–Crippen LogP) is 10.0. The summed E-state index contributed by atoms with van der Waals surface area (Å²) in [4.78, 5) is 13.1. The molecule has 0 aromatic rings. The standard InChI is InChI=1S/C52H101NO10/c1-3-5-7-9-11-13-15-17-19-21-22-23-24-26-28-30-32-34-36-38-40-45(56)51(61)53-43(42-62-52-50(60)49(59)48(58)46(41-54)63-52)47(57)44(55)39-37-35-33-31-29-27-25-20-18-16-14-12-10-8-6-4-2/h29,31,43-50,52,54-60H,3-28,30,32-42H2,1-2H3,(H,53,61). The monoisotopic (exact) mass is 900 g/mol. The number of amides is 1. The zero-order chi connectivity index (χ0) is 46.2. The summed E-state index contributed by atoms with van der Waals surface area (Å²) < 4.78 is 11.1. The van der Waals surface area contributed by atoms with Crippen LogP contribution >= 0.6 is 0 Å². The molecular weight excluding hydrogens is 799 g/mol. The minimum absolute atomic E-state index is 0.260. The summed E-state index contributed by atoms with van der Waals surface area (Å²) in [5.41, 5.74) is 0. The molecule has 374 valence electrons. The van der Waals surface area contributed by atoms with Crippen molar-refractivity contribution in [1.29, 1.82) is 0 Å². The molecule has 11 heteroatoms. The van der Waals surface area contributed by atoms with Crippen molar-refractivity contribution in [2.75, 3.05) is 13.2 Å². The number of aliphatic hydroxyl groups excluding tert-OH is 7. The van der Waals surface area contributed by atoms with Gasteiger partial charge in [0.15, 0.2) is 6.29 Å². The highest BCUT2D eigenvalue weighted by molar-refractivity contribution is 5.80. The molecule has 1 fully saturated rings. The lowest BCUT2D eigenvalue weighted by molar-refractivity contribution is -0.303. The maximum Gasteiger partial charge on any atom is 0.249 e. The molecule has 0 spiro atoms. The van der Waals surface area contributed by atoms with Crippen molar-refractivity contribution in [2.45, 2.75) is 300 Å². The van der Waals surface area contributed by atoms with Gasteiger partial charge in [0.2, 0.25) is 5.91 Å². The summed E-state index contributed by atoms with van der Waals surface area (Å²) in [6, 6.07) is -1.18. The molecule has 0 radical (unpaired) electrons. The number of hydrogen-bond donors (Lipinski definition) is 8. The van der Waals surface area contributed by atoms with Gasteiger partial charge in [-0.05, 0) is 38.5 Å². The van der Waals surface area contributed by atoms with Crippen molar-refractivity contribution >= 4 is 5.91 Å². The van der Waals surface area contributed by atoms with Gasteiger partial charge in [-0.2, -0.15) is 0 Å². The number of rotatable bonds is 45. The molecule has 1 heterocycles. The van der Waals surface area contributed by atoms with Crippen LogP contribution in [0.15, 0.2) is 12.2 Å². The van der Waals surface area contributed by atoms with Gasteiger partial charge in [0.1, 0.15) is 36.6 Å². The van der Waals surface area contributed by atoms with E-state index in [1.54, 1.807) is 0 Å². The maximum atomic E-state index is 13.1. The van der Waals surface area contributed by atoms with Crippen molar-refractivity contribution in [1.82, 2.24) is 5.32 Å². The average Bonchev–Trinajstić information content (AvgIpc) is 3.28. The van der Waals surface area contributed by atoms with E-state index >= 15 is 0 Å². The highest BCUT2D eigenvalue weighted by Crippen LogP contribution is 2.23. The molecule has 0 aromatic carbocycles. The van der Waals surface area contributed by atoms with Gasteiger partial charge in [-0.25, -0.2) is 0 Å². The molecule has 1 aliphatic heterocycles. The third-order valence-electron chi connectivity index (χ3n) is 13.1. The lowest BCUT2D eigenvalue weighted by Gasteiger charge is -2.40. The van der Waals surface area contributed by atoms with Gasteiger partial charge in [-0.1, -0.05) is 219 Å². The van der Waals surface area contributed by atoms with Crippen LogP contribution in [-0.4, -0.2) is 110 Å². The molecular formula is C52H101NO10. The Morgan fingerprint density at radius 3 is 1.35 bits per heavy atom. The van der Waals surface area contributed by atoms with E-state index in [1.165, 1.54) is 167 Å². The van der Waals surface area contributed by atoms with Gasteiger partial charge in [0.25, 0.3) is 0 Å². The minimum Gasteiger partial charge on any atom is -0.394 e. The zero-order valence-electron chi connectivity index (χ0n) is 40.6. The molecule has 1 aliphatic rings. The van der Waals surface area contributed by atoms with Crippen molar-refractivity contribution in [3.05, 3.63) is 12.2 Å². The van der Waals surface area contributed by atoms with Crippen LogP contribution in [0.4, 0.5) is 0 Å². The fourth-order valence-corrected chi connectivity index (χ4v) is 8.67. The fraction of sp³-hybridized carbons (Fsp3) is 0.942. The Kier molecular flexibility index (Phi) is 40.1. The van der Waals surface area contributed by atoms with Crippen LogP contribution in [0, 0.1) is 0 Å². The van der Waals surface area contributed by atoms with Crippen molar-refractivity contribution < 1.29 is 50.0 Å². The average molecular weight is 900 g/mol. The van der Waals surface area contributed by atoms with Gasteiger partial charge < -0.3 is 50.5 Å². The fourth-order valence-electron chi connectivity index (χ4n) is 8.67. The zero-order valence-corrected chi connectivity index (χ0v) is 40.6. The highest BCUT2D eigenvalue weighted by Gasteiger charge is 2.44. The van der Waals surface area contributed by atoms with Crippen LogP contribution < -0.4 is 5.32 Å². The van der Waals surface area contributed by atoms with Crippen LogP contribution in [-0.2, 0) is 14.3 Å².